The van der Waals surface area contributed by atoms with E-state index in [1.54, 1.807) is 24.3 Å². The van der Waals surface area contributed by atoms with Crippen molar-refractivity contribution in [3.05, 3.63) is 57.8 Å². The maximum Gasteiger partial charge on any atom is 0.258 e. The molecule has 0 saturated heterocycles. The summed E-state index contributed by atoms with van der Waals surface area (Å²) >= 11 is 11.8. The van der Waals surface area contributed by atoms with E-state index in [1.807, 2.05) is 12.1 Å². The normalized spacial score (nSPS) is 15.5. The zero-order valence-electron chi connectivity index (χ0n) is 9.65. The maximum absolute atomic E-state index is 11.9. The number of nitrogens with one attached hydrogen (secondary N) is 1. The summed E-state index contributed by atoms with van der Waals surface area (Å²) in [6, 6.07) is 8.96. The SMILES string of the molecule is O=C1Nc2cc(Cl)cnc2/C1=C\c1cccc(Cl)c1. The molecule has 1 aromatic heterocycles. The highest BCUT2D eigenvalue weighted by Crippen LogP contribution is 2.33. The molecule has 5 heteroatoms. The summed E-state index contributed by atoms with van der Waals surface area (Å²) in [4.78, 5) is 16.1. The quantitative estimate of drug-likeness (QED) is 0.810. The van der Waals surface area contributed by atoms with Crippen LogP contribution in [0.1, 0.15) is 11.3 Å². The van der Waals surface area contributed by atoms with Crippen LogP contribution in [-0.2, 0) is 4.79 Å². The molecular formula is C14H8Cl2N2O. The number of rotatable bonds is 1. The molecule has 1 amide bonds. The largest absolute Gasteiger partial charge is 0.320 e. The molecule has 1 aliphatic heterocycles. The van der Waals surface area contributed by atoms with Gasteiger partial charge in [-0.2, -0.15) is 0 Å². The summed E-state index contributed by atoms with van der Waals surface area (Å²) in [6.07, 6.45) is 3.28. The number of fused-ring (bicyclic) bond motifs is 1. The van der Waals surface area contributed by atoms with Gasteiger partial charge >= 0.3 is 0 Å². The Morgan fingerprint density at radius 1 is 1.16 bits per heavy atom. The van der Waals surface area contributed by atoms with Gasteiger partial charge in [-0.3, -0.25) is 9.78 Å². The summed E-state index contributed by atoms with van der Waals surface area (Å²) < 4.78 is 0. The van der Waals surface area contributed by atoms with Crippen molar-refractivity contribution in [1.82, 2.24) is 4.98 Å². The zero-order valence-corrected chi connectivity index (χ0v) is 11.2. The number of hydrogen-bond acceptors (Lipinski definition) is 2. The number of halogens is 2. The molecule has 2 aromatic rings. The second-order valence-electron chi connectivity index (χ2n) is 4.12. The molecule has 0 spiro atoms. The summed E-state index contributed by atoms with van der Waals surface area (Å²) in [5, 5.41) is 3.85. The highest BCUT2D eigenvalue weighted by Gasteiger charge is 2.25. The topological polar surface area (TPSA) is 42.0 Å². The Morgan fingerprint density at radius 2 is 2.00 bits per heavy atom. The zero-order chi connectivity index (χ0) is 13.4. The summed E-state index contributed by atoms with van der Waals surface area (Å²) in [7, 11) is 0. The first kappa shape index (κ1) is 12.2. The minimum absolute atomic E-state index is 0.190. The first-order valence-corrected chi connectivity index (χ1v) is 6.33. The average Bonchev–Trinajstić information content (AvgIpc) is 2.65. The lowest BCUT2D eigenvalue weighted by Crippen LogP contribution is -2.03. The third-order valence-corrected chi connectivity index (χ3v) is 3.20. The van der Waals surface area contributed by atoms with Gasteiger partial charge < -0.3 is 5.32 Å². The van der Waals surface area contributed by atoms with Crippen molar-refractivity contribution in [3.8, 4) is 0 Å². The Morgan fingerprint density at radius 3 is 2.79 bits per heavy atom. The predicted octanol–water partition coefficient (Wildman–Crippen LogP) is 3.88. The third-order valence-electron chi connectivity index (χ3n) is 2.76. The van der Waals surface area contributed by atoms with E-state index in [-0.39, 0.29) is 5.91 Å². The van der Waals surface area contributed by atoms with Crippen LogP contribution in [-0.4, -0.2) is 10.9 Å². The molecule has 1 N–H and O–H groups in total. The van der Waals surface area contributed by atoms with Crippen molar-refractivity contribution in [2.45, 2.75) is 0 Å². The van der Waals surface area contributed by atoms with E-state index < -0.39 is 0 Å². The number of anilines is 1. The molecule has 94 valence electrons. The van der Waals surface area contributed by atoms with E-state index in [1.165, 1.54) is 6.20 Å². The van der Waals surface area contributed by atoms with Crippen LogP contribution in [0, 0.1) is 0 Å². The molecule has 0 unspecified atom stereocenters. The van der Waals surface area contributed by atoms with Crippen LogP contribution in [0.4, 0.5) is 5.69 Å². The monoisotopic (exact) mass is 290 g/mol. The molecule has 1 aliphatic rings. The first-order chi connectivity index (χ1) is 9.13. The lowest BCUT2D eigenvalue weighted by atomic mass is 10.1. The van der Waals surface area contributed by atoms with Gasteiger partial charge in [0, 0.05) is 11.2 Å². The molecule has 3 rings (SSSR count). The minimum atomic E-state index is -0.190. The van der Waals surface area contributed by atoms with Crippen LogP contribution >= 0.6 is 23.2 Å². The van der Waals surface area contributed by atoms with Crippen LogP contribution in [0.3, 0.4) is 0 Å². The van der Waals surface area contributed by atoms with E-state index >= 15 is 0 Å². The van der Waals surface area contributed by atoms with Gasteiger partial charge in [-0.15, -0.1) is 0 Å². The van der Waals surface area contributed by atoms with Gasteiger partial charge in [0.15, 0.2) is 0 Å². The standard InChI is InChI=1S/C14H8Cl2N2O/c15-9-3-1-2-8(4-9)5-11-13-12(18-14(11)19)6-10(16)7-17-13/h1-7H,(H,18,19)/b11-5+. The second kappa shape index (κ2) is 4.68. The smallest absolute Gasteiger partial charge is 0.258 e. The molecule has 1 aromatic carbocycles. The van der Waals surface area contributed by atoms with Crippen molar-refractivity contribution in [3.63, 3.8) is 0 Å². The second-order valence-corrected chi connectivity index (χ2v) is 4.99. The van der Waals surface area contributed by atoms with E-state index in [0.717, 1.165) is 5.56 Å². The molecule has 3 nitrogen and oxygen atoms in total. The van der Waals surface area contributed by atoms with Gasteiger partial charge in [-0.05, 0) is 29.8 Å². The van der Waals surface area contributed by atoms with Crippen LogP contribution in [0.2, 0.25) is 10.0 Å². The average molecular weight is 291 g/mol. The Labute approximate surface area is 119 Å². The van der Waals surface area contributed by atoms with Crippen LogP contribution < -0.4 is 5.32 Å². The first-order valence-electron chi connectivity index (χ1n) is 5.58. The van der Waals surface area contributed by atoms with Crippen LogP contribution in [0.5, 0.6) is 0 Å². The van der Waals surface area contributed by atoms with Gasteiger partial charge in [0.05, 0.1) is 22.0 Å². The number of benzene rings is 1. The molecule has 0 aliphatic carbocycles. The molecule has 0 bridgehead atoms. The lowest BCUT2D eigenvalue weighted by Gasteiger charge is -1.99. The van der Waals surface area contributed by atoms with Gasteiger partial charge in [0.25, 0.3) is 5.91 Å². The number of hydrogen-bond donors (Lipinski definition) is 1. The van der Waals surface area contributed by atoms with E-state index in [9.17, 15) is 4.79 Å². The molecular weight excluding hydrogens is 283 g/mol. The number of pyridine rings is 1. The molecule has 19 heavy (non-hydrogen) atoms. The number of nitrogens with zero attached hydrogens (tertiary/aromatic N) is 1. The molecule has 2 heterocycles. The Bertz CT molecular complexity index is 710. The van der Waals surface area contributed by atoms with Crippen molar-refractivity contribution in [2.24, 2.45) is 0 Å². The van der Waals surface area contributed by atoms with E-state index in [2.05, 4.69) is 10.3 Å². The van der Waals surface area contributed by atoms with Gasteiger partial charge in [0.1, 0.15) is 0 Å². The number of carbonyl (C=O) groups is 1. The van der Waals surface area contributed by atoms with E-state index in [4.69, 9.17) is 23.2 Å². The van der Waals surface area contributed by atoms with Crippen molar-refractivity contribution in [1.29, 1.82) is 0 Å². The van der Waals surface area contributed by atoms with Gasteiger partial charge in [-0.1, -0.05) is 35.3 Å². The number of aromatic nitrogens is 1. The Kier molecular flexibility index (Phi) is 3.01. The molecule has 0 fully saturated rings. The molecule has 0 radical (unpaired) electrons. The summed E-state index contributed by atoms with van der Waals surface area (Å²) in [5.41, 5.74) is 2.59. The fourth-order valence-electron chi connectivity index (χ4n) is 1.94. The third kappa shape index (κ3) is 2.35. The van der Waals surface area contributed by atoms with E-state index in [0.29, 0.717) is 27.0 Å². The highest BCUT2D eigenvalue weighted by molar-refractivity contribution is 6.36. The lowest BCUT2D eigenvalue weighted by molar-refractivity contribution is -0.110. The van der Waals surface area contributed by atoms with Crippen molar-refractivity contribution < 1.29 is 4.79 Å². The van der Waals surface area contributed by atoms with Crippen LogP contribution in [0.15, 0.2) is 36.5 Å². The summed E-state index contributed by atoms with van der Waals surface area (Å²) in [5.74, 6) is -0.190. The summed E-state index contributed by atoms with van der Waals surface area (Å²) in [6.45, 7) is 0. The minimum Gasteiger partial charge on any atom is -0.320 e. The van der Waals surface area contributed by atoms with Gasteiger partial charge in [-0.25, -0.2) is 0 Å². The highest BCUT2D eigenvalue weighted by atomic mass is 35.5. The molecule has 0 saturated carbocycles. The molecule has 0 atom stereocenters. The maximum atomic E-state index is 11.9. The van der Waals surface area contributed by atoms with Gasteiger partial charge in [0.2, 0.25) is 0 Å². The Balaban J connectivity index is 2.09. The fraction of sp³-hybridized carbons (Fsp3) is 0. The van der Waals surface area contributed by atoms with Crippen molar-refractivity contribution >= 4 is 46.4 Å². The Hall–Kier alpha value is -1.84. The van der Waals surface area contributed by atoms with Crippen molar-refractivity contribution in [2.75, 3.05) is 5.32 Å². The van der Waals surface area contributed by atoms with Crippen LogP contribution in [0.25, 0.3) is 11.6 Å². The fourth-order valence-corrected chi connectivity index (χ4v) is 2.30. The predicted molar refractivity (Wildman–Crippen MR) is 77.2 cm³/mol. The number of amides is 1. The number of carbonyl (C=O) groups excluding carboxylic acids is 1.